The molecule has 0 fully saturated rings. The number of esters is 1. The third-order valence-electron chi connectivity index (χ3n) is 6.53. The number of hydrogen-bond donors (Lipinski definition) is 0. The van der Waals surface area contributed by atoms with Gasteiger partial charge in [-0.2, -0.15) is 5.26 Å². The summed E-state index contributed by atoms with van der Waals surface area (Å²) in [6.45, 7) is 2.18. The van der Waals surface area contributed by atoms with Crippen molar-refractivity contribution in [3.05, 3.63) is 87.5 Å². The van der Waals surface area contributed by atoms with Crippen LogP contribution in [0.5, 0.6) is 5.75 Å². The molecule has 3 aromatic rings. The van der Waals surface area contributed by atoms with Gasteiger partial charge in [0.1, 0.15) is 46.2 Å². The maximum absolute atomic E-state index is 15.4. The molecule has 3 aromatic carbocycles. The first kappa shape index (κ1) is 25.4. The molecule has 0 saturated carbocycles. The standard InChI is InChI=1S/C29H25F4NO2/c1-2-3-4-5-6-7-17-8-10-20-18(12-17)9-11-21-22(20)15-26(32)27(28(21)33)29(35)36-19-13-24(30)23(16-34)25(31)14-19/h8,10,12-15H,2-7,9,11H2,1H3. The summed E-state index contributed by atoms with van der Waals surface area (Å²) in [7, 11) is 0. The number of rotatable bonds is 8. The van der Waals surface area contributed by atoms with Crippen LogP contribution in [-0.2, 0) is 19.3 Å². The predicted octanol–water partition coefficient (Wildman–Crippen LogP) is 7.61. The normalized spacial score (nSPS) is 12.0. The number of hydrogen-bond acceptors (Lipinski definition) is 3. The molecule has 0 unspecified atom stereocenters. The van der Waals surface area contributed by atoms with Crippen molar-refractivity contribution in [3.8, 4) is 22.9 Å². The Labute approximate surface area is 207 Å². The number of ether oxygens (including phenoxy) is 1. The van der Waals surface area contributed by atoms with Gasteiger partial charge in [-0.3, -0.25) is 0 Å². The molecule has 0 aromatic heterocycles. The minimum atomic E-state index is -1.42. The zero-order valence-corrected chi connectivity index (χ0v) is 19.9. The Morgan fingerprint density at radius 2 is 1.64 bits per heavy atom. The smallest absolute Gasteiger partial charge is 0.349 e. The Kier molecular flexibility index (Phi) is 7.73. The minimum absolute atomic E-state index is 0.195. The molecule has 0 heterocycles. The SMILES string of the molecule is CCCCCCCc1ccc2c(c1)CCc1c-2cc(F)c(C(=O)Oc2cc(F)c(C#N)c(F)c2)c1F. The Balaban J connectivity index is 1.58. The molecule has 0 amide bonds. The Hall–Kier alpha value is -3.66. The van der Waals surface area contributed by atoms with Crippen LogP contribution in [-0.4, -0.2) is 5.97 Å². The molecule has 0 spiro atoms. The fraction of sp³-hybridized carbons (Fsp3) is 0.310. The molecular formula is C29H25F4NO2. The number of aryl methyl sites for hydroxylation is 2. The van der Waals surface area contributed by atoms with Crippen LogP contribution in [0, 0.1) is 34.6 Å². The average Bonchev–Trinajstić information content (AvgIpc) is 2.83. The number of carbonyl (C=O) groups is 1. The van der Waals surface area contributed by atoms with Gasteiger partial charge in [0.15, 0.2) is 0 Å². The molecule has 0 atom stereocenters. The van der Waals surface area contributed by atoms with Gasteiger partial charge in [0.05, 0.1) is 0 Å². The van der Waals surface area contributed by atoms with Crippen molar-refractivity contribution in [1.82, 2.24) is 0 Å². The second kappa shape index (κ2) is 10.9. The van der Waals surface area contributed by atoms with Crippen LogP contribution in [0.2, 0.25) is 0 Å². The van der Waals surface area contributed by atoms with E-state index in [1.807, 2.05) is 12.1 Å². The Morgan fingerprint density at radius 3 is 2.33 bits per heavy atom. The van der Waals surface area contributed by atoms with Gasteiger partial charge in [0.25, 0.3) is 0 Å². The Morgan fingerprint density at radius 1 is 0.917 bits per heavy atom. The molecule has 0 saturated heterocycles. The Bertz CT molecular complexity index is 1340. The van der Waals surface area contributed by atoms with Gasteiger partial charge < -0.3 is 4.74 Å². The molecule has 0 N–H and O–H groups in total. The maximum atomic E-state index is 15.4. The van der Waals surface area contributed by atoms with Gasteiger partial charge >= 0.3 is 5.97 Å². The van der Waals surface area contributed by atoms with Crippen molar-refractivity contribution in [2.45, 2.75) is 58.3 Å². The van der Waals surface area contributed by atoms with Gasteiger partial charge in [-0.1, -0.05) is 50.8 Å². The first-order valence-corrected chi connectivity index (χ1v) is 12.1. The second-order valence-electron chi connectivity index (χ2n) is 8.99. The first-order chi connectivity index (χ1) is 17.3. The van der Waals surface area contributed by atoms with Gasteiger partial charge in [-0.05, 0) is 59.6 Å². The monoisotopic (exact) mass is 495 g/mol. The molecule has 7 heteroatoms. The largest absolute Gasteiger partial charge is 0.423 e. The van der Waals surface area contributed by atoms with Crippen LogP contribution < -0.4 is 4.74 Å². The summed E-state index contributed by atoms with van der Waals surface area (Å²) in [5.41, 5.74) is 1.72. The van der Waals surface area contributed by atoms with Gasteiger partial charge in [0.2, 0.25) is 0 Å². The molecule has 4 rings (SSSR count). The van der Waals surface area contributed by atoms with Crippen LogP contribution >= 0.6 is 0 Å². The van der Waals surface area contributed by atoms with Crippen LogP contribution in [0.25, 0.3) is 11.1 Å². The van der Waals surface area contributed by atoms with Crippen LogP contribution in [0.4, 0.5) is 17.6 Å². The molecule has 1 aliphatic carbocycles. The zero-order chi connectivity index (χ0) is 25.8. The van der Waals surface area contributed by atoms with E-state index in [4.69, 9.17) is 10.00 Å². The van der Waals surface area contributed by atoms with E-state index < -0.39 is 46.1 Å². The quantitative estimate of drug-likeness (QED) is 0.140. The predicted molar refractivity (Wildman–Crippen MR) is 128 cm³/mol. The van der Waals surface area contributed by atoms with Crippen molar-refractivity contribution >= 4 is 5.97 Å². The summed E-state index contributed by atoms with van der Waals surface area (Å²) in [4.78, 5) is 12.6. The van der Waals surface area contributed by atoms with E-state index in [0.29, 0.717) is 24.1 Å². The van der Waals surface area contributed by atoms with Crippen molar-refractivity contribution in [1.29, 1.82) is 5.26 Å². The lowest BCUT2D eigenvalue weighted by atomic mass is 9.83. The highest BCUT2D eigenvalue weighted by molar-refractivity contribution is 5.93. The molecule has 186 valence electrons. The van der Waals surface area contributed by atoms with E-state index in [9.17, 15) is 18.0 Å². The molecule has 0 aliphatic heterocycles. The third-order valence-corrected chi connectivity index (χ3v) is 6.53. The third kappa shape index (κ3) is 5.13. The number of unbranched alkanes of at least 4 members (excludes halogenated alkanes) is 4. The molecule has 36 heavy (non-hydrogen) atoms. The summed E-state index contributed by atoms with van der Waals surface area (Å²) in [5, 5.41) is 8.75. The van der Waals surface area contributed by atoms with Crippen LogP contribution in [0.1, 0.15) is 71.6 Å². The lowest BCUT2D eigenvalue weighted by Gasteiger charge is -2.22. The summed E-state index contributed by atoms with van der Waals surface area (Å²) >= 11 is 0. The van der Waals surface area contributed by atoms with E-state index in [1.54, 1.807) is 0 Å². The summed E-state index contributed by atoms with van der Waals surface area (Å²) in [6.07, 6.45) is 7.67. The van der Waals surface area contributed by atoms with Crippen molar-refractivity contribution < 1.29 is 27.1 Å². The summed E-state index contributed by atoms with van der Waals surface area (Å²) in [6, 6.07) is 9.62. The number of fused-ring (bicyclic) bond motifs is 3. The molecule has 0 bridgehead atoms. The highest BCUT2D eigenvalue weighted by Gasteiger charge is 2.29. The second-order valence-corrected chi connectivity index (χ2v) is 8.99. The van der Waals surface area contributed by atoms with Crippen molar-refractivity contribution in [2.24, 2.45) is 0 Å². The number of carbonyl (C=O) groups excluding carboxylic acids is 1. The molecular weight excluding hydrogens is 470 g/mol. The van der Waals surface area contributed by atoms with Gasteiger partial charge in [-0.15, -0.1) is 0 Å². The fourth-order valence-electron chi connectivity index (χ4n) is 4.67. The fourth-order valence-corrected chi connectivity index (χ4v) is 4.67. The topological polar surface area (TPSA) is 50.1 Å². The zero-order valence-electron chi connectivity index (χ0n) is 19.9. The highest BCUT2D eigenvalue weighted by Crippen LogP contribution is 2.38. The molecule has 1 aliphatic rings. The average molecular weight is 496 g/mol. The molecule has 3 nitrogen and oxygen atoms in total. The maximum Gasteiger partial charge on any atom is 0.349 e. The summed E-state index contributed by atoms with van der Waals surface area (Å²) in [5.74, 6) is -6.68. The minimum Gasteiger partial charge on any atom is -0.423 e. The van der Waals surface area contributed by atoms with Gasteiger partial charge in [0, 0.05) is 12.1 Å². The highest BCUT2D eigenvalue weighted by atomic mass is 19.1. The number of benzene rings is 3. The van der Waals surface area contributed by atoms with Crippen molar-refractivity contribution in [2.75, 3.05) is 0 Å². The van der Waals surface area contributed by atoms with E-state index >= 15 is 4.39 Å². The lowest BCUT2D eigenvalue weighted by molar-refractivity contribution is 0.0723. The number of nitriles is 1. The van der Waals surface area contributed by atoms with Crippen LogP contribution in [0.3, 0.4) is 0 Å². The van der Waals surface area contributed by atoms with E-state index in [0.717, 1.165) is 30.0 Å². The van der Waals surface area contributed by atoms with E-state index in [2.05, 4.69) is 13.0 Å². The number of halogens is 4. The van der Waals surface area contributed by atoms with Crippen molar-refractivity contribution in [3.63, 3.8) is 0 Å². The van der Waals surface area contributed by atoms with E-state index in [1.165, 1.54) is 37.3 Å². The first-order valence-electron chi connectivity index (χ1n) is 12.1. The van der Waals surface area contributed by atoms with Crippen LogP contribution in [0.15, 0.2) is 36.4 Å². The summed E-state index contributed by atoms with van der Waals surface area (Å²) < 4.78 is 62.9. The number of nitrogens with zero attached hydrogens (tertiary/aromatic N) is 1. The lowest BCUT2D eigenvalue weighted by Crippen LogP contribution is -2.17. The van der Waals surface area contributed by atoms with E-state index in [-0.39, 0.29) is 12.0 Å². The molecule has 0 radical (unpaired) electrons. The van der Waals surface area contributed by atoms with Gasteiger partial charge in [-0.25, -0.2) is 22.4 Å².